The summed E-state index contributed by atoms with van der Waals surface area (Å²) in [6.07, 6.45) is 7.38. The molecule has 4 rings (SSSR count). The molecule has 0 radical (unpaired) electrons. The standard InChI is InChI=1S/C14H20F2O5S/c15-14(16,22(18,19)20)12(17)21-2-1-13-6-9-3-10(7-13)5-11(4-9)8-13/h9-11H,1-8H2,(H,18,19,20). The molecule has 22 heavy (non-hydrogen) atoms. The van der Waals surface area contributed by atoms with Gasteiger partial charge in [0.25, 0.3) is 0 Å². The van der Waals surface area contributed by atoms with Crippen molar-refractivity contribution in [1.29, 1.82) is 0 Å². The van der Waals surface area contributed by atoms with Gasteiger partial charge in [-0.25, -0.2) is 4.79 Å². The summed E-state index contributed by atoms with van der Waals surface area (Å²) < 4.78 is 60.0. The van der Waals surface area contributed by atoms with Crippen LogP contribution in [0.1, 0.15) is 44.9 Å². The van der Waals surface area contributed by atoms with Gasteiger partial charge in [0.15, 0.2) is 0 Å². The molecule has 4 fully saturated rings. The highest BCUT2D eigenvalue weighted by Crippen LogP contribution is 2.61. The fraction of sp³-hybridized carbons (Fsp3) is 0.929. The Morgan fingerprint density at radius 1 is 1.14 bits per heavy atom. The van der Waals surface area contributed by atoms with Crippen molar-refractivity contribution in [3.8, 4) is 0 Å². The molecule has 4 bridgehead atoms. The molecule has 0 spiro atoms. The van der Waals surface area contributed by atoms with Crippen LogP contribution in [0.5, 0.6) is 0 Å². The summed E-state index contributed by atoms with van der Waals surface area (Å²) in [4.78, 5) is 11.2. The van der Waals surface area contributed by atoms with Gasteiger partial charge < -0.3 is 4.74 Å². The number of hydrogen-bond acceptors (Lipinski definition) is 4. The van der Waals surface area contributed by atoms with Gasteiger partial charge in [0, 0.05) is 0 Å². The predicted molar refractivity (Wildman–Crippen MR) is 72.7 cm³/mol. The highest BCUT2D eigenvalue weighted by Gasteiger charge is 2.55. The number of esters is 1. The van der Waals surface area contributed by atoms with E-state index >= 15 is 0 Å². The summed E-state index contributed by atoms with van der Waals surface area (Å²) >= 11 is 0. The van der Waals surface area contributed by atoms with Crippen LogP contribution >= 0.6 is 0 Å². The zero-order valence-electron chi connectivity index (χ0n) is 12.1. The van der Waals surface area contributed by atoms with Crippen LogP contribution in [-0.2, 0) is 19.6 Å². The molecule has 0 unspecified atom stereocenters. The summed E-state index contributed by atoms with van der Waals surface area (Å²) in [7, 11) is -5.78. The van der Waals surface area contributed by atoms with Gasteiger partial charge in [-0.2, -0.15) is 17.2 Å². The van der Waals surface area contributed by atoms with Crippen LogP contribution in [0.15, 0.2) is 0 Å². The lowest BCUT2D eigenvalue weighted by Crippen LogP contribution is -2.46. The van der Waals surface area contributed by atoms with Gasteiger partial charge in [-0.1, -0.05) is 0 Å². The first-order valence-corrected chi connectivity index (χ1v) is 9.07. The first kappa shape index (κ1) is 16.1. The van der Waals surface area contributed by atoms with Crippen molar-refractivity contribution in [2.45, 2.75) is 50.2 Å². The molecule has 4 aliphatic carbocycles. The Labute approximate surface area is 128 Å². The molecular weight excluding hydrogens is 318 g/mol. The van der Waals surface area contributed by atoms with Crippen molar-refractivity contribution in [2.75, 3.05) is 6.61 Å². The second-order valence-electron chi connectivity index (χ2n) is 7.30. The number of carbonyl (C=O) groups is 1. The Kier molecular flexibility index (Phi) is 3.75. The zero-order chi connectivity index (χ0) is 16.2. The largest absolute Gasteiger partial charge is 0.465 e. The Morgan fingerprint density at radius 3 is 2.00 bits per heavy atom. The number of carbonyl (C=O) groups excluding carboxylic acids is 1. The average molecular weight is 338 g/mol. The molecule has 0 aromatic heterocycles. The first-order valence-electron chi connectivity index (χ1n) is 7.63. The maximum Gasteiger partial charge on any atom is 0.465 e. The van der Waals surface area contributed by atoms with Crippen molar-refractivity contribution in [2.24, 2.45) is 23.2 Å². The average Bonchev–Trinajstić information content (AvgIpc) is 2.35. The summed E-state index contributed by atoms with van der Waals surface area (Å²) in [5.41, 5.74) is 0.0579. The Bertz CT molecular complexity index is 536. The van der Waals surface area contributed by atoms with E-state index in [4.69, 9.17) is 4.55 Å². The van der Waals surface area contributed by atoms with E-state index in [9.17, 15) is 22.0 Å². The van der Waals surface area contributed by atoms with E-state index in [1.807, 2.05) is 0 Å². The molecule has 126 valence electrons. The first-order chi connectivity index (χ1) is 10.1. The zero-order valence-corrected chi connectivity index (χ0v) is 12.9. The molecule has 0 heterocycles. The van der Waals surface area contributed by atoms with Crippen LogP contribution < -0.4 is 0 Å². The fourth-order valence-corrected chi connectivity index (χ4v) is 5.42. The minimum atomic E-state index is -5.78. The second kappa shape index (κ2) is 5.12. The van der Waals surface area contributed by atoms with Gasteiger partial charge in [-0.05, 0) is 68.1 Å². The number of alkyl halides is 2. The molecule has 8 heteroatoms. The lowest BCUT2D eigenvalue weighted by molar-refractivity contribution is -0.163. The smallest absolute Gasteiger partial charge is 0.460 e. The number of rotatable bonds is 5. The lowest BCUT2D eigenvalue weighted by Gasteiger charge is -2.57. The molecule has 5 nitrogen and oxygen atoms in total. The van der Waals surface area contributed by atoms with E-state index < -0.39 is 21.3 Å². The van der Waals surface area contributed by atoms with E-state index in [0.29, 0.717) is 24.2 Å². The van der Waals surface area contributed by atoms with Gasteiger partial charge in [-0.15, -0.1) is 0 Å². The van der Waals surface area contributed by atoms with Crippen LogP contribution in [-0.4, -0.2) is 30.8 Å². The summed E-state index contributed by atoms with van der Waals surface area (Å²) in [6.45, 7) is -0.226. The van der Waals surface area contributed by atoms with Crippen LogP contribution in [0, 0.1) is 23.2 Å². The highest BCUT2D eigenvalue weighted by atomic mass is 32.2. The van der Waals surface area contributed by atoms with Gasteiger partial charge >= 0.3 is 21.3 Å². The monoisotopic (exact) mass is 338 g/mol. The fourth-order valence-electron chi connectivity index (χ4n) is 5.15. The Morgan fingerprint density at radius 2 is 1.59 bits per heavy atom. The molecule has 0 atom stereocenters. The Hall–Kier alpha value is -0.760. The van der Waals surface area contributed by atoms with Crippen LogP contribution in [0.4, 0.5) is 8.78 Å². The second-order valence-corrected chi connectivity index (χ2v) is 8.76. The van der Waals surface area contributed by atoms with Crippen molar-refractivity contribution in [1.82, 2.24) is 0 Å². The number of hydrogen-bond donors (Lipinski definition) is 1. The van der Waals surface area contributed by atoms with E-state index in [0.717, 1.165) is 19.3 Å². The minimum Gasteiger partial charge on any atom is -0.460 e. The highest BCUT2D eigenvalue weighted by molar-refractivity contribution is 7.87. The third kappa shape index (κ3) is 2.75. The van der Waals surface area contributed by atoms with E-state index in [1.165, 1.54) is 19.3 Å². The maximum absolute atomic E-state index is 13.1. The summed E-state index contributed by atoms with van der Waals surface area (Å²) in [6, 6.07) is 0. The molecular formula is C14H20F2O5S. The maximum atomic E-state index is 13.1. The summed E-state index contributed by atoms with van der Waals surface area (Å²) in [5.74, 6) is -0.108. The molecule has 0 aliphatic heterocycles. The van der Waals surface area contributed by atoms with Crippen LogP contribution in [0.25, 0.3) is 0 Å². The summed E-state index contributed by atoms with van der Waals surface area (Å²) in [5, 5.41) is -4.89. The quantitative estimate of drug-likeness (QED) is 0.616. The predicted octanol–water partition coefficient (Wildman–Crippen LogP) is 2.62. The van der Waals surface area contributed by atoms with Crippen molar-refractivity contribution >= 4 is 16.1 Å². The van der Waals surface area contributed by atoms with E-state index in [-0.39, 0.29) is 12.0 Å². The minimum absolute atomic E-state index is 0.0579. The van der Waals surface area contributed by atoms with Gasteiger partial charge in [0.1, 0.15) is 0 Å². The Balaban J connectivity index is 1.57. The van der Waals surface area contributed by atoms with Crippen molar-refractivity contribution in [3.05, 3.63) is 0 Å². The van der Waals surface area contributed by atoms with E-state index in [2.05, 4.69) is 4.74 Å². The van der Waals surface area contributed by atoms with Crippen LogP contribution in [0.2, 0.25) is 0 Å². The molecule has 0 aromatic carbocycles. The number of ether oxygens (including phenoxy) is 1. The van der Waals surface area contributed by atoms with Crippen LogP contribution in [0.3, 0.4) is 0 Å². The van der Waals surface area contributed by atoms with E-state index in [1.54, 1.807) is 0 Å². The molecule has 4 aliphatic rings. The van der Waals surface area contributed by atoms with Crippen molar-refractivity contribution < 1.29 is 31.3 Å². The lowest BCUT2D eigenvalue weighted by atomic mass is 9.49. The van der Waals surface area contributed by atoms with Gasteiger partial charge in [-0.3, -0.25) is 4.55 Å². The molecule has 0 saturated heterocycles. The van der Waals surface area contributed by atoms with Gasteiger partial charge in [0.2, 0.25) is 0 Å². The third-order valence-electron chi connectivity index (χ3n) is 5.59. The molecule has 0 aromatic rings. The molecule has 0 amide bonds. The number of halogens is 2. The SMILES string of the molecule is O=C(OCCC12CC3CC(CC(C3)C1)C2)C(F)(F)S(=O)(=O)O. The normalized spacial score (nSPS) is 37.3. The topological polar surface area (TPSA) is 80.7 Å². The molecule has 1 N–H and O–H groups in total. The third-order valence-corrected chi connectivity index (χ3v) is 6.41. The van der Waals surface area contributed by atoms with Gasteiger partial charge in [0.05, 0.1) is 6.61 Å². The molecule has 4 saturated carbocycles. The van der Waals surface area contributed by atoms with Crippen molar-refractivity contribution in [3.63, 3.8) is 0 Å².